The summed E-state index contributed by atoms with van der Waals surface area (Å²) >= 11 is 0. The molecule has 2 aliphatic rings. The van der Waals surface area contributed by atoms with Gasteiger partial charge in [0.1, 0.15) is 24.4 Å². The normalized spacial score (nSPS) is 27.2. The van der Waals surface area contributed by atoms with Gasteiger partial charge >= 0.3 is 11.9 Å². The van der Waals surface area contributed by atoms with Crippen LogP contribution >= 0.6 is 0 Å². The Kier molecular flexibility index (Phi) is 3.72. The van der Waals surface area contributed by atoms with Crippen molar-refractivity contribution in [2.45, 2.75) is 38.4 Å². The molecule has 3 unspecified atom stereocenters. The number of Topliss-reactive ketones (excluding diaryl/α,β-unsaturated/α-hetero) is 1. The molecule has 6 nitrogen and oxygen atoms in total. The number of ketones is 1. The molecule has 2 aromatic rings. The third-order valence-electron chi connectivity index (χ3n) is 5.65. The van der Waals surface area contributed by atoms with Gasteiger partial charge in [-0.2, -0.15) is 0 Å². The highest BCUT2D eigenvalue weighted by Gasteiger charge is 2.57. The third-order valence-corrected chi connectivity index (χ3v) is 5.65. The van der Waals surface area contributed by atoms with Gasteiger partial charge in [-0.25, -0.2) is 4.79 Å². The van der Waals surface area contributed by atoms with Gasteiger partial charge in [-0.15, -0.1) is 0 Å². The Labute approximate surface area is 150 Å². The molecule has 0 aliphatic carbocycles. The van der Waals surface area contributed by atoms with E-state index in [1.807, 2.05) is 13.8 Å². The van der Waals surface area contributed by atoms with Crippen molar-refractivity contribution >= 4 is 17.7 Å². The first-order chi connectivity index (χ1) is 12.4. The van der Waals surface area contributed by atoms with Crippen molar-refractivity contribution in [3.63, 3.8) is 0 Å². The van der Waals surface area contributed by atoms with Gasteiger partial charge in [0, 0.05) is 17.9 Å². The number of benzene rings is 1. The Balaban J connectivity index is 1.87. The van der Waals surface area contributed by atoms with Crippen molar-refractivity contribution < 1.29 is 28.3 Å². The van der Waals surface area contributed by atoms with Crippen molar-refractivity contribution in [3.05, 3.63) is 59.0 Å². The van der Waals surface area contributed by atoms with Gasteiger partial charge in [-0.05, 0) is 24.6 Å². The van der Waals surface area contributed by atoms with Crippen molar-refractivity contribution in [2.75, 3.05) is 0 Å². The molecule has 1 aromatic carbocycles. The largest absolute Gasteiger partial charge is 0.472 e. The maximum atomic E-state index is 13.0. The fourth-order valence-electron chi connectivity index (χ4n) is 3.99. The van der Waals surface area contributed by atoms with Gasteiger partial charge in [0.15, 0.2) is 5.78 Å². The fourth-order valence-corrected chi connectivity index (χ4v) is 3.99. The molecule has 3 heterocycles. The first-order valence-electron chi connectivity index (χ1n) is 8.51. The van der Waals surface area contributed by atoms with Crippen LogP contribution in [-0.4, -0.2) is 23.8 Å². The second kappa shape index (κ2) is 5.83. The average molecular weight is 354 g/mol. The first kappa shape index (κ1) is 16.6. The highest BCUT2D eigenvalue weighted by Crippen LogP contribution is 2.48. The summed E-state index contributed by atoms with van der Waals surface area (Å²) in [6.45, 7) is 3.81. The Morgan fingerprint density at radius 1 is 1.23 bits per heavy atom. The lowest BCUT2D eigenvalue weighted by molar-refractivity contribution is -0.145. The van der Waals surface area contributed by atoms with Gasteiger partial charge in [-0.1, -0.05) is 19.1 Å². The molecular formula is C20H18O6. The summed E-state index contributed by atoms with van der Waals surface area (Å²) in [5.74, 6) is -1.31. The molecule has 6 heteroatoms. The van der Waals surface area contributed by atoms with Crippen molar-refractivity contribution in [2.24, 2.45) is 5.92 Å². The maximum Gasteiger partial charge on any atom is 0.338 e. The lowest BCUT2D eigenvalue weighted by Crippen LogP contribution is -2.41. The molecule has 0 amide bonds. The molecule has 0 saturated carbocycles. The summed E-state index contributed by atoms with van der Waals surface area (Å²) < 4.78 is 15.7. The van der Waals surface area contributed by atoms with Gasteiger partial charge < -0.3 is 13.9 Å². The van der Waals surface area contributed by atoms with E-state index in [1.165, 1.54) is 12.5 Å². The molecule has 0 spiro atoms. The number of rotatable bonds is 4. The Morgan fingerprint density at radius 3 is 2.69 bits per heavy atom. The number of cyclic esters (lactones) is 2. The molecule has 1 aromatic heterocycles. The molecule has 0 radical (unpaired) electrons. The topological polar surface area (TPSA) is 82.8 Å². The summed E-state index contributed by atoms with van der Waals surface area (Å²) in [5, 5.41) is 0. The number of esters is 2. The van der Waals surface area contributed by atoms with E-state index in [4.69, 9.17) is 13.9 Å². The van der Waals surface area contributed by atoms with Crippen molar-refractivity contribution in [3.8, 4) is 0 Å². The summed E-state index contributed by atoms with van der Waals surface area (Å²) in [6, 6.07) is 6.76. The zero-order chi connectivity index (χ0) is 18.5. The van der Waals surface area contributed by atoms with Crippen LogP contribution in [0.25, 0.3) is 0 Å². The van der Waals surface area contributed by atoms with Crippen LogP contribution in [-0.2, 0) is 26.3 Å². The fraction of sp³-hybridized carbons (Fsp3) is 0.350. The first-order valence-corrected chi connectivity index (χ1v) is 8.51. The predicted molar refractivity (Wildman–Crippen MR) is 89.6 cm³/mol. The van der Waals surface area contributed by atoms with Gasteiger partial charge in [0.25, 0.3) is 0 Å². The van der Waals surface area contributed by atoms with Crippen LogP contribution in [0.1, 0.15) is 52.1 Å². The molecule has 0 N–H and O–H groups in total. The van der Waals surface area contributed by atoms with Gasteiger partial charge in [0.05, 0.1) is 17.4 Å². The maximum absolute atomic E-state index is 13.0. The number of hydrogen-bond acceptors (Lipinski definition) is 6. The molecule has 2 aliphatic heterocycles. The van der Waals surface area contributed by atoms with Gasteiger partial charge in [-0.3, -0.25) is 9.59 Å². The second-order valence-electron chi connectivity index (χ2n) is 6.89. The zero-order valence-corrected chi connectivity index (χ0v) is 14.5. The van der Waals surface area contributed by atoms with Crippen LogP contribution in [0.5, 0.6) is 0 Å². The van der Waals surface area contributed by atoms with E-state index in [9.17, 15) is 14.4 Å². The quantitative estimate of drug-likeness (QED) is 0.620. The smallest absolute Gasteiger partial charge is 0.338 e. The Bertz CT molecular complexity index is 897. The van der Waals surface area contributed by atoms with E-state index in [2.05, 4.69) is 0 Å². The van der Waals surface area contributed by atoms with E-state index < -0.39 is 17.4 Å². The minimum absolute atomic E-state index is 0.0541. The molecule has 0 bridgehead atoms. The number of fused-ring (bicyclic) bond motifs is 1. The van der Waals surface area contributed by atoms with Crippen LogP contribution in [0, 0.1) is 5.92 Å². The molecule has 1 fully saturated rings. The highest BCUT2D eigenvalue weighted by atomic mass is 16.6. The molecule has 4 rings (SSSR count). The number of carbonyl (C=O) groups excluding carboxylic acids is 3. The lowest BCUT2D eigenvalue weighted by Gasteiger charge is -2.31. The van der Waals surface area contributed by atoms with Crippen LogP contribution in [0.3, 0.4) is 0 Å². The zero-order valence-electron chi connectivity index (χ0n) is 14.5. The number of carbonyl (C=O) groups is 3. The highest BCUT2D eigenvalue weighted by molar-refractivity contribution is 6.02. The molecular weight excluding hydrogens is 336 g/mol. The van der Waals surface area contributed by atoms with E-state index in [1.54, 1.807) is 24.3 Å². The number of furan rings is 1. The lowest BCUT2D eigenvalue weighted by atomic mass is 9.66. The average Bonchev–Trinajstić information content (AvgIpc) is 3.33. The van der Waals surface area contributed by atoms with E-state index in [0.29, 0.717) is 22.3 Å². The van der Waals surface area contributed by atoms with Crippen LogP contribution in [0.2, 0.25) is 0 Å². The standard InChI is InChI=1S/C20H18O6/c1-11-12(2)26-19(23)20(11,8-17(21)13-6-7-24-9-13)16-5-3-4-14-15(16)10-25-18(14)22/h3-7,9,11-12H,8,10H2,1-2H3. The van der Waals surface area contributed by atoms with E-state index >= 15 is 0 Å². The summed E-state index contributed by atoms with van der Waals surface area (Å²) in [5.41, 5.74) is 0.989. The Hall–Kier alpha value is -2.89. The number of ether oxygens (including phenoxy) is 2. The predicted octanol–water partition coefficient (Wildman–Crippen LogP) is 3.04. The van der Waals surface area contributed by atoms with Crippen LogP contribution in [0.15, 0.2) is 41.2 Å². The third kappa shape index (κ3) is 2.21. The van der Waals surface area contributed by atoms with Crippen molar-refractivity contribution in [1.29, 1.82) is 0 Å². The second-order valence-corrected chi connectivity index (χ2v) is 6.89. The number of hydrogen-bond donors (Lipinski definition) is 0. The van der Waals surface area contributed by atoms with E-state index in [-0.39, 0.29) is 30.8 Å². The minimum atomic E-state index is -1.16. The molecule has 134 valence electrons. The minimum Gasteiger partial charge on any atom is -0.472 e. The summed E-state index contributed by atoms with van der Waals surface area (Å²) in [7, 11) is 0. The Morgan fingerprint density at radius 2 is 2.04 bits per heavy atom. The monoisotopic (exact) mass is 354 g/mol. The SMILES string of the molecule is CC1OC(=O)C(CC(=O)c2ccoc2)(c2cccc3c2COC3=O)C1C. The molecule has 26 heavy (non-hydrogen) atoms. The van der Waals surface area contributed by atoms with Crippen molar-refractivity contribution in [1.82, 2.24) is 0 Å². The molecule has 3 atom stereocenters. The molecule has 1 saturated heterocycles. The van der Waals surface area contributed by atoms with Gasteiger partial charge in [0.2, 0.25) is 0 Å². The van der Waals surface area contributed by atoms with Crippen LogP contribution in [0.4, 0.5) is 0 Å². The summed E-state index contributed by atoms with van der Waals surface area (Å²) in [4.78, 5) is 37.8. The summed E-state index contributed by atoms with van der Waals surface area (Å²) in [6.07, 6.45) is 2.40. The van der Waals surface area contributed by atoms with Crippen LogP contribution < -0.4 is 0 Å². The van der Waals surface area contributed by atoms with E-state index in [0.717, 1.165) is 0 Å².